The fraction of sp³-hybridized carbons (Fsp3) is 0.588. The Bertz CT molecular complexity index is 734. The molecule has 1 aromatic rings. The van der Waals surface area contributed by atoms with E-state index in [1.807, 2.05) is 11.9 Å². The van der Waals surface area contributed by atoms with E-state index in [2.05, 4.69) is 4.90 Å². The molecule has 0 bridgehead atoms. The van der Waals surface area contributed by atoms with Crippen LogP contribution in [0.1, 0.15) is 12.8 Å². The molecule has 0 atom stereocenters. The van der Waals surface area contributed by atoms with Gasteiger partial charge in [-0.15, -0.1) is 0 Å². The number of carbonyl (C=O) groups excluding carboxylic acids is 1. The second kappa shape index (κ2) is 8.92. The van der Waals surface area contributed by atoms with E-state index in [0.717, 1.165) is 32.4 Å². The standard InChI is InChI=1S/C17H26ClN3O4S/c1-19-9-11-20(12-10-19)17(22)5-4-8-21(26(3,23)24)14-6-7-16(25-2)15(18)13-14/h6-7,13H,4-5,8-12H2,1-3H3. The predicted octanol–water partition coefficient (Wildman–Crippen LogP) is 1.67. The van der Waals surface area contributed by atoms with E-state index < -0.39 is 10.0 Å². The van der Waals surface area contributed by atoms with Crippen LogP contribution >= 0.6 is 11.6 Å². The number of amides is 1. The number of benzene rings is 1. The first kappa shape index (κ1) is 20.8. The highest BCUT2D eigenvalue weighted by Gasteiger charge is 2.21. The Labute approximate surface area is 160 Å². The summed E-state index contributed by atoms with van der Waals surface area (Å²) in [6, 6.07) is 4.84. The van der Waals surface area contributed by atoms with Gasteiger partial charge in [0.1, 0.15) is 5.75 Å². The Morgan fingerprint density at radius 2 is 1.92 bits per heavy atom. The maximum atomic E-state index is 12.3. The summed E-state index contributed by atoms with van der Waals surface area (Å²) in [5.74, 6) is 0.549. The Kier molecular flexibility index (Phi) is 7.14. The Balaban J connectivity index is 1.99. The smallest absolute Gasteiger partial charge is 0.232 e. The average Bonchev–Trinajstić information content (AvgIpc) is 2.58. The zero-order chi connectivity index (χ0) is 19.3. The molecular formula is C17H26ClN3O4S. The molecule has 1 amide bonds. The molecular weight excluding hydrogens is 378 g/mol. The molecule has 1 aromatic carbocycles. The van der Waals surface area contributed by atoms with Crippen molar-refractivity contribution in [2.75, 3.05) is 57.4 Å². The van der Waals surface area contributed by atoms with E-state index >= 15 is 0 Å². The molecule has 2 rings (SSSR count). The number of ether oxygens (including phenoxy) is 1. The summed E-state index contributed by atoms with van der Waals surface area (Å²) in [7, 11) is 0.0506. The van der Waals surface area contributed by atoms with Crippen molar-refractivity contribution in [1.29, 1.82) is 0 Å². The molecule has 0 saturated carbocycles. The van der Waals surface area contributed by atoms with Gasteiger partial charge in [-0.3, -0.25) is 9.10 Å². The minimum absolute atomic E-state index is 0.0688. The molecule has 0 aliphatic carbocycles. The maximum absolute atomic E-state index is 12.3. The number of halogens is 1. The summed E-state index contributed by atoms with van der Waals surface area (Å²) in [4.78, 5) is 16.3. The molecule has 1 aliphatic heterocycles. The topological polar surface area (TPSA) is 70.2 Å². The number of methoxy groups -OCH3 is 1. The number of rotatable bonds is 7. The first-order chi connectivity index (χ1) is 12.2. The van der Waals surface area contributed by atoms with E-state index in [1.54, 1.807) is 18.2 Å². The number of hydrogen-bond acceptors (Lipinski definition) is 5. The molecule has 1 fully saturated rings. The number of anilines is 1. The Hall–Kier alpha value is -1.51. The molecule has 0 radical (unpaired) electrons. The van der Waals surface area contributed by atoms with Crippen LogP contribution in [0.2, 0.25) is 5.02 Å². The van der Waals surface area contributed by atoms with E-state index in [9.17, 15) is 13.2 Å². The van der Waals surface area contributed by atoms with Crippen molar-refractivity contribution in [2.24, 2.45) is 0 Å². The van der Waals surface area contributed by atoms with E-state index in [-0.39, 0.29) is 12.5 Å². The third-order valence-electron chi connectivity index (χ3n) is 4.43. The molecule has 7 nitrogen and oxygen atoms in total. The summed E-state index contributed by atoms with van der Waals surface area (Å²) >= 11 is 6.11. The van der Waals surface area contributed by atoms with Crippen LogP contribution < -0.4 is 9.04 Å². The van der Waals surface area contributed by atoms with Crippen molar-refractivity contribution in [3.05, 3.63) is 23.2 Å². The number of likely N-dealkylation sites (N-methyl/N-ethyl adjacent to an activating group) is 1. The minimum Gasteiger partial charge on any atom is -0.495 e. The lowest BCUT2D eigenvalue weighted by Gasteiger charge is -2.32. The van der Waals surface area contributed by atoms with Crippen LogP contribution in [0.3, 0.4) is 0 Å². The lowest BCUT2D eigenvalue weighted by molar-refractivity contribution is -0.132. The fourth-order valence-corrected chi connectivity index (χ4v) is 4.09. The molecule has 1 heterocycles. The fourth-order valence-electron chi connectivity index (χ4n) is 2.88. The quantitative estimate of drug-likeness (QED) is 0.692. The summed E-state index contributed by atoms with van der Waals surface area (Å²) in [6.07, 6.45) is 1.91. The lowest BCUT2D eigenvalue weighted by Crippen LogP contribution is -2.47. The van der Waals surface area contributed by atoms with Gasteiger partial charge in [0.15, 0.2) is 0 Å². The van der Waals surface area contributed by atoms with Crippen LogP contribution in [0.4, 0.5) is 5.69 Å². The van der Waals surface area contributed by atoms with Crippen LogP contribution in [0.25, 0.3) is 0 Å². The van der Waals surface area contributed by atoms with E-state index in [4.69, 9.17) is 16.3 Å². The average molecular weight is 404 g/mol. The highest BCUT2D eigenvalue weighted by Crippen LogP contribution is 2.30. The molecule has 9 heteroatoms. The predicted molar refractivity (Wildman–Crippen MR) is 104 cm³/mol. The molecule has 1 aliphatic rings. The van der Waals surface area contributed by atoms with Gasteiger partial charge in [0.2, 0.25) is 15.9 Å². The van der Waals surface area contributed by atoms with Crippen LogP contribution in [-0.2, 0) is 14.8 Å². The molecule has 1 saturated heterocycles. The molecule has 146 valence electrons. The van der Waals surface area contributed by atoms with Crippen LogP contribution in [0.15, 0.2) is 18.2 Å². The van der Waals surface area contributed by atoms with Gasteiger partial charge in [0.25, 0.3) is 0 Å². The summed E-state index contributed by atoms with van der Waals surface area (Å²) in [5, 5.41) is 0.340. The maximum Gasteiger partial charge on any atom is 0.232 e. The first-order valence-electron chi connectivity index (χ1n) is 8.50. The molecule has 26 heavy (non-hydrogen) atoms. The second-order valence-electron chi connectivity index (χ2n) is 6.44. The van der Waals surface area contributed by atoms with Crippen molar-refractivity contribution in [2.45, 2.75) is 12.8 Å². The summed E-state index contributed by atoms with van der Waals surface area (Å²) in [5.41, 5.74) is 0.463. The van der Waals surface area contributed by atoms with Gasteiger partial charge in [-0.1, -0.05) is 11.6 Å². The van der Waals surface area contributed by atoms with Crippen LogP contribution in [0.5, 0.6) is 5.75 Å². The summed E-state index contributed by atoms with van der Waals surface area (Å²) < 4.78 is 30.7. The highest BCUT2D eigenvalue weighted by molar-refractivity contribution is 7.92. The lowest BCUT2D eigenvalue weighted by atomic mass is 10.2. The third-order valence-corrected chi connectivity index (χ3v) is 5.92. The SMILES string of the molecule is COc1ccc(N(CCCC(=O)N2CCN(C)CC2)S(C)(=O)=O)cc1Cl. The van der Waals surface area contributed by atoms with Crippen molar-refractivity contribution < 1.29 is 17.9 Å². The Morgan fingerprint density at radius 1 is 1.27 bits per heavy atom. The summed E-state index contributed by atoms with van der Waals surface area (Å²) in [6.45, 7) is 3.40. The number of piperazine rings is 1. The van der Waals surface area contributed by atoms with Crippen LogP contribution in [-0.4, -0.2) is 77.3 Å². The molecule has 0 aromatic heterocycles. The number of carbonyl (C=O) groups is 1. The van der Waals surface area contributed by atoms with Gasteiger partial charge in [0, 0.05) is 39.1 Å². The molecule has 0 unspecified atom stereocenters. The monoisotopic (exact) mass is 403 g/mol. The van der Waals surface area contributed by atoms with Crippen molar-refractivity contribution in [1.82, 2.24) is 9.80 Å². The van der Waals surface area contributed by atoms with E-state index in [0.29, 0.717) is 29.3 Å². The zero-order valence-electron chi connectivity index (χ0n) is 15.4. The van der Waals surface area contributed by atoms with Gasteiger partial charge in [-0.25, -0.2) is 8.42 Å². The van der Waals surface area contributed by atoms with Crippen molar-refractivity contribution in [3.63, 3.8) is 0 Å². The minimum atomic E-state index is -3.48. The molecule has 0 N–H and O–H groups in total. The normalized spacial score (nSPS) is 15.8. The van der Waals surface area contributed by atoms with Gasteiger partial charge in [0.05, 0.1) is 24.1 Å². The number of sulfonamides is 1. The first-order valence-corrected chi connectivity index (χ1v) is 10.7. The third kappa shape index (κ3) is 5.49. The van der Waals surface area contributed by atoms with Gasteiger partial charge in [-0.2, -0.15) is 0 Å². The second-order valence-corrected chi connectivity index (χ2v) is 8.76. The number of nitrogens with zero attached hydrogens (tertiary/aromatic N) is 3. The number of hydrogen-bond donors (Lipinski definition) is 0. The van der Waals surface area contributed by atoms with Gasteiger partial charge < -0.3 is 14.5 Å². The largest absolute Gasteiger partial charge is 0.495 e. The van der Waals surface area contributed by atoms with Crippen molar-refractivity contribution >= 4 is 33.2 Å². The van der Waals surface area contributed by atoms with Crippen molar-refractivity contribution in [3.8, 4) is 5.75 Å². The zero-order valence-corrected chi connectivity index (χ0v) is 17.0. The molecule has 0 spiro atoms. The van der Waals surface area contributed by atoms with E-state index in [1.165, 1.54) is 11.4 Å². The van der Waals surface area contributed by atoms with Gasteiger partial charge >= 0.3 is 0 Å². The Morgan fingerprint density at radius 3 is 2.46 bits per heavy atom. The van der Waals surface area contributed by atoms with Gasteiger partial charge in [-0.05, 0) is 31.7 Å². The highest BCUT2D eigenvalue weighted by atomic mass is 35.5. The van der Waals surface area contributed by atoms with Crippen LogP contribution in [0, 0.1) is 0 Å².